The van der Waals surface area contributed by atoms with Gasteiger partial charge in [0, 0.05) is 25.6 Å². The summed E-state index contributed by atoms with van der Waals surface area (Å²) in [4.78, 5) is 26.5. The monoisotopic (exact) mass is 386 g/mol. The number of anilines is 1. The Hall–Kier alpha value is -2.59. The lowest BCUT2D eigenvalue weighted by molar-refractivity contribution is -0.116. The van der Waals surface area contributed by atoms with E-state index in [1.54, 1.807) is 24.3 Å². The van der Waals surface area contributed by atoms with E-state index in [1.165, 1.54) is 0 Å². The Labute approximate surface area is 167 Å². The molecule has 0 spiro atoms. The van der Waals surface area contributed by atoms with E-state index in [-0.39, 0.29) is 11.9 Å². The number of hydrogen-bond acceptors (Lipinski definition) is 5. The Kier molecular flexibility index (Phi) is 7.82. The smallest absolute Gasteiger partial charge is 0.407 e. The van der Waals surface area contributed by atoms with Gasteiger partial charge in [-0.15, -0.1) is 0 Å². The van der Waals surface area contributed by atoms with Crippen LogP contribution in [-0.4, -0.2) is 48.2 Å². The van der Waals surface area contributed by atoms with E-state index in [2.05, 4.69) is 21.6 Å². The van der Waals surface area contributed by atoms with Crippen molar-refractivity contribution < 1.29 is 14.3 Å². The molecule has 28 heavy (non-hydrogen) atoms. The first-order valence-electron chi connectivity index (χ1n) is 9.78. The molecule has 0 aliphatic carbocycles. The number of hydrogen-bond donors (Lipinski definition) is 2. The van der Waals surface area contributed by atoms with Gasteiger partial charge in [-0.25, -0.2) is 4.79 Å². The normalized spacial score (nSPS) is 17.4. The van der Waals surface area contributed by atoms with Crippen molar-refractivity contribution in [1.29, 1.82) is 5.26 Å². The first kappa shape index (κ1) is 21.7. The number of benzene rings is 1. The molecule has 0 bridgehead atoms. The van der Waals surface area contributed by atoms with Gasteiger partial charge in [0.1, 0.15) is 11.7 Å². The van der Waals surface area contributed by atoms with Gasteiger partial charge in [-0.3, -0.25) is 9.69 Å². The van der Waals surface area contributed by atoms with E-state index in [0.29, 0.717) is 30.8 Å². The molecule has 1 aliphatic heterocycles. The van der Waals surface area contributed by atoms with Gasteiger partial charge >= 0.3 is 6.09 Å². The molecule has 2 amide bonds. The molecule has 152 valence electrons. The zero-order valence-corrected chi connectivity index (χ0v) is 17.0. The standard InChI is InChI=1S/C21H30N4O3/c1-21(2,3)28-20(27)23-15-17-9-6-7-12-25(17)13-11-19(26)24-18-10-5-4-8-16(18)14-22/h4-5,8,10,17H,6-7,9,11-13,15H2,1-3H3,(H,23,27)(H,24,26). The molecular weight excluding hydrogens is 356 g/mol. The Morgan fingerprint density at radius 2 is 2.04 bits per heavy atom. The van der Waals surface area contributed by atoms with E-state index in [4.69, 9.17) is 10.00 Å². The summed E-state index contributed by atoms with van der Waals surface area (Å²) in [5.74, 6) is -0.118. The number of nitriles is 1. The number of nitrogens with one attached hydrogen (secondary N) is 2. The van der Waals surface area contributed by atoms with Crippen molar-refractivity contribution in [3.05, 3.63) is 29.8 Å². The van der Waals surface area contributed by atoms with Crippen molar-refractivity contribution in [1.82, 2.24) is 10.2 Å². The van der Waals surface area contributed by atoms with Gasteiger partial charge in [-0.1, -0.05) is 18.6 Å². The summed E-state index contributed by atoms with van der Waals surface area (Å²) in [6.45, 7) is 7.53. The van der Waals surface area contributed by atoms with Crippen LogP contribution in [-0.2, 0) is 9.53 Å². The Morgan fingerprint density at radius 3 is 2.75 bits per heavy atom. The quantitative estimate of drug-likeness (QED) is 0.782. The lowest BCUT2D eigenvalue weighted by Crippen LogP contribution is -2.48. The molecule has 1 unspecified atom stereocenters. The number of ether oxygens (including phenoxy) is 1. The largest absolute Gasteiger partial charge is 0.444 e. The number of amides is 2. The molecule has 7 heteroatoms. The fourth-order valence-corrected chi connectivity index (χ4v) is 3.25. The van der Waals surface area contributed by atoms with Crippen LogP contribution in [0.4, 0.5) is 10.5 Å². The Morgan fingerprint density at radius 1 is 1.29 bits per heavy atom. The number of nitrogens with zero attached hydrogens (tertiary/aromatic N) is 2. The van der Waals surface area contributed by atoms with E-state index < -0.39 is 11.7 Å². The maximum Gasteiger partial charge on any atom is 0.407 e. The van der Waals surface area contributed by atoms with Crippen molar-refractivity contribution >= 4 is 17.7 Å². The second-order valence-corrected chi connectivity index (χ2v) is 8.02. The molecule has 1 aromatic rings. The highest BCUT2D eigenvalue weighted by atomic mass is 16.6. The number of likely N-dealkylation sites (tertiary alicyclic amines) is 1. The molecule has 0 aromatic heterocycles. The number of carbonyl (C=O) groups is 2. The number of alkyl carbamates (subject to hydrolysis) is 1. The molecule has 1 aliphatic rings. The topological polar surface area (TPSA) is 94.5 Å². The first-order valence-corrected chi connectivity index (χ1v) is 9.78. The summed E-state index contributed by atoms with van der Waals surface area (Å²) in [7, 11) is 0. The molecule has 0 saturated carbocycles. The molecular formula is C21H30N4O3. The van der Waals surface area contributed by atoms with Crippen LogP contribution in [0, 0.1) is 11.3 Å². The van der Waals surface area contributed by atoms with Gasteiger partial charge in [-0.2, -0.15) is 5.26 Å². The molecule has 1 saturated heterocycles. The third-order valence-corrected chi connectivity index (χ3v) is 4.58. The summed E-state index contributed by atoms with van der Waals surface area (Å²) >= 11 is 0. The average Bonchev–Trinajstić information content (AvgIpc) is 2.64. The van der Waals surface area contributed by atoms with Gasteiger partial charge in [0.15, 0.2) is 0 Å². The van der Waals surface area contributed by atoms with Crippen molar-refractivity contribution in [2.75, 3.05) is 25.0 Å². The van der Waals surface area contributed by atoms with Crippen molar-refractivity contribution in [2.24, 2.45) is 0 Å². The van der Waals surface area contributed by atoms with E-state index in [9.17, 15) is 9.59 Å². The van der Waals surface area contributed by atoms with Gasteiger partial charge < -0.3 is 15.4 Å². The van der Waals surface area contributed by atoms with E-state index in [0.717, 1.165) is 25.8 Å². The summed E-state index contributed by atoms with van der Waals surface area (Å²) < 4.78 is 5.29. The predicted molar refractivity (Wildman–Crippen MR) is 108 cm³/mol. The van der Waals surface area contributed by atoms with Crippen LogP contribution >= 0.6 is 0 Å². The molecule has 2 N–H and O–H groups in total. The van der Waals surface area contributed by atoms with Gasteiger partial charge in [0.25, 0.3) is 0 Å². The summed E-state index contributed by atoms with van der Waals surface area (Å²) in [6.07, 6.45) is 3.10. The zero-order valence-electron chi connectivity index (χ0n) is 17.0. The van der Waals surface area contributed by atoms with Crippen LogP contribution in [0.3, 0.4) is 0 Å². The van der Waals surface area contributed by atoms with Crippen molar-refractivity contribution in [3.8, 4) is 6.07 Å². The van der Waals surface area contributed by atoms with Gasteiger partial charge in [-0.05, 0) is 52.3 Å². The van der Waals surface area contributed by atoms with Crippen LogP contribution in [0.5, 0.6) is 0 Å². The molecule has 7 nitrogen and oxygen atoms in total. The number of piperidine rings is 1. The fraction of sp³-hybridized carbons (Fsp3) is 0.571. The summed E-state index contributed by atoms with van der Waals surface area (Å²) in [5, 5.41) is 14.8. The second kappa shape index (κ2) is 10.1. The maximum absolute atomic E-state index is 12.3. The maximum atomic E-state index is 12.3. The lowest BCUT2D eigenvalue weighted by atomic mass is 10.0. The summed E-state index contributed by atoms with van der Waals surface area (Å²) in [6, 6.07) is 9.24. The molecule has 0 radical (unpaired) electrons. The number of para-hydroxylation sites is 1. The van der Waals surface area contributed by atoms with E-state index in [1.807, 2.05) is 20.8 Å². The predicted octanol–water partition coefficient (Wildman–Crippen LogP) is 3.27. The molecule has 2 rings (SSSR count). The number of carbonyl (C=O) groups excluding carboxylic acids is 2. The number of rotatable bonds is 6. The van der Waals surface area contributed by atoms with Crippen LogP contribution in [0.2, 0.25) is 0 Å². The van der Waals surface area contributed by atoms with Gasteiger partial charge in [0.2, 0.25) is 5.91 Å². The van der Waals surface area contributed by atoms with Crippen molar-refractivity contribution in [2.45, 2.75) is 58.1 Å². The highest BCUT2D eigenvalue weighted by Crippen LogP contribution is 2.18. The minimum atomic E-state index is -0.520. The fourth-order valence-electron chi connectivity index (χ4n) is 3.25. The van der Waals surface area contributed by atoms with Crippen molar-refractivity contribution in [3.63, 3.8) is 0 Å². The Bertz CT molecular complexity index is 721. The third kappa shape index (κ3) is 7.20. The highest BCUT2D eigenvalue weighted by Gasteiger charge is 2.24. The molecule has 1 aromatic carbocycles. The van der Waals surface area contributed by atoms with Gasteiger partial charge in [0.05, 0.1) is 11.3 Å². The van der Waals surface area contributed by atoms with Crippen LogP contribution in [0.15, 0.2) is 24.3 Å². The van der Waals surface area contributed by atoms with Crippen LogP contribution < -0.4 is 10.6 Å². The van der Waals surface area contributed by atoms with Crippen LogP contribution in [0.25, 0.3) is 0 Å². The molecule has 1 heterocycles. The average molecular weight is 386 g/mol. The second-order valence-electron chi connectivity index (χ2n) is 8.02. The first-order chi connectivity index (χ1) is 13.3. The lowest BCUT2D eigenvalue weighted by Gasteiger charge is -2.35. The Balaban J connectivity index is 1.83. The SMILES string of the molecule is CC(C)(C)OC(=O)NCC1CCCCN1CCC(=O)Nc1ccccc1C#N. The molecule has 1 atom stereocenters. The van der Waals surface area contributed by atoms with Crippen LogP contribution in [0.1, 0.15) is 52.0 Å². The molecule has 1 fully saturated rings. The minimum Gasteiger partial charge on any atom is -0.444 e. The zero-order chi connectivity index (χ0) is 20.6. The highest BCUT2D eigenvalue weighted by molar-refractivity contribution is 5.92. The third-order valence-electron chi connectivity index (χ3n) is 4.58. The minimum absolute atomic E-state index is 0.118. The van der Waals surface area contributed by atoms with E-state index >= 15 is 0 Å². The summed E-state index contributed by atoms with van der Waals surface area (Å²) in [5.41, 5.74) is 0.471.